The summed E-state index contributed by atoms with van der Waals surface area (Å²) < 4.78 is 24.9. The van der Waals surface area contributed by atoms with Crippen LogP contribution < -0.4 is 0 Å². The zero-order valence-corrected chi connectivity index (χ0v) is 18.2. The highest BCUT2D eigenvalue weighted by Gasteiger charge is 2.18. The van der Waals surface area contributed by atoms with Gasteiger partial charge in [-0.1, -0.05) is 11.6 Å². The molecule has 1 aromatic carbocycles. The summed E-state index contributed by atoms with van der Waals surface area (Å²) in [5.74, 6) is -0.263. The lowest BCUT2D eigenvalue weighted by molar-refractivity contribution is -0.125. The van der Waals surface area contributed by atoms with E-state index < -0.39 is 5.97 Å². The molecular formula is C22H21ClFN3O4. The molecule has 0 aliphatic heterocycles. The number of nitrogens with zero attached hydrogens (tertiary/aromatic N) is 3. The van der Waals surface area contributed by atoms with Crippen molar-refractivity contribution < 1.29 is 23.1 Å². The SMILES string of the molecule is COC(=O)c1cc(CN(C)C(=O)/C=C/c2c(C)nn(-c3ccc(F)cc3)c2Cl)oc1C. The maximum atomic E-state index is 13.2. The number of furan rings is 1. The van der Waals surface area contributed by atoms with Crippen LogP contribution in [0.15, 0.2) is 40.8 Å². The molecule has 0 radical (unpaired) electrons. The average Bonchev–Trinajstić information content (AvgIpc) is 3.24. The normalized spacial score (nSPS) is 11.2. The van der Waals surface area contributed by atoms with Gasteiger partial charge in [-0.15, -0.1) is 0 Å². The van der Waals surface area contributed by atoms with Crippen LogP contribution in [0.4, 0.5) is 4.39 Å². The van der Waals surface area contributed by atoms with Crippen LogP contribution >= 0.6 is 11.6 Å². The first-order valence-electron chi connectivity index (χ1n) is 9.33. The van der Waals surface area contributed by atoms with Gasteiger partial charge in [-0.2, -0.15) is 5.10 Å². The molecule has 0 saturated heterocycles. The van der Waals surface area contributed by atoms with E-state index in [4.69, 9.17) is 20.8 Å². The van der Waals surface area contributed by atoms with Gasteiger partial charge in [-0.3, -0.25) is 4.79 Å². The van der Waals surface area contributed by atoms with Crippen LogP contribution in [0.2, 0.25) is 5.15 Å². The van der Waals surface area contributed by atoms with E-state index in [9.17, 15) is 14.0 Å². The Bertz CT molecular complexity index is 1150. The minimum atomic E-state index is -0.496. The lowest BCUT2D eigenvalue weighted by atomic mass is 10.2. The molecule has 0 aliphatic rings. The van der Waals surface area contributed by atoms with E-state index in [1.807, 2.05) is 0 Å². The number of aryl methyl sites for hydroxylation is 2. The number of methoxy groups -OCH3 is 1. The third kappa shape index (κ3) is 4.86. The number of likely N-dealkylation sites (N-methyl/N-ethyl adjacent to an activating group) is 1. The third-order valence-electron chi connectivity index (χ3n) is 4.66. The molecule has 3 rings (SSSR count). The number of amides is 1. The zero-order valence-electron chi connectivity index (χ0n) is 17.5. The largest absolute Gasteiger partial charge is 0.465 e. The Morgan fingerprint density at radius 2 is 1.97 bits per heavy atom. The molecule has 162 valence electrons. The quantitative estimate of drug-likeness (QED) is 0.417. The molecule has 0 spiro atoms. The topological polar surface area (TPSA) is 77.6 Å². The summed E-state index contributed by atoms with van der Waals surface area (Å²) in [6.45, 7) is 3.59. The van der Waals surface area contributed by atoms with Gasteiger partial charge < -0.3 is 14.1 Å². The molecule has 3 aromatic rings. The van der Waals surface area contributed by atoms with E-state index in [1.54, 1.807) is 45.2 Å². The maximum absolute atomic E-state index is 13.2. The van der Waals surface area contributed by atoms with Gasteiger partial charge in [0.2, 0.25) is 5.91 Å². The van der Waals surface area contributed by atoms with Crippen molar-refractivity contribution in [1.82, 2.24) is 14.7 Å². The molecule has 0 atom stereocenters. The summed E-state index contributed by atoms with van der Waals surface area (Å²) >= 11 is 6.43. The number of aromatic nitrogens is 2. The molecule has 2 heterocycles. The standard InChI is InChI=1S/C22H21ClFN3O4/c1-13-18(21(23)27(25-13)16-7-5-15(24)6-8-16)9-10-20(28)26(3)12-17-11-19(14(2)31-17)22(29)30-4/h5-11H,12H2,1-4H3/b10-9+. The first-order chi connectivity index (χ1) is 14.7. The van der Waals surface area contributed by atoms with Crippen molar-refractivity contribution >= 4 is 29.6 Å². The second-order valence-electron chi connectivity index (χ2n) is 6.88. The Balaban J connectivity index is 1.74. The van der Waals surface area contributed by atoms with Gasteiger partial charge >= 0.3 is 5.97 Å². The zero-order chi connectivity index (χ0) is 22.7. The molecule has 9 heteroatoms. The van der Waals surface area contributed by atoms with E-state index in [-0.39, 0.29) is 18.3 Å². The number of esters is 1. The van der Waals surface area contributed by atoms with Crippen molar-refractivity contribution in [2.24, 2.45) is 0 Å². The molecule has 0 N–H and O–H groups in total. The Labute approximate surface area is 183 Å². The second kappa shape index (κ2) is 9.18. The average molecular weight is 446 g/mol. The van der Waals surface area contributed by atoms with Crippen LogP contribution in [-0.4, -0.2) is 40.7 Å². The lowest BCUT2D eigenvalue weighted by Crippen LogP contribution is -2.23. The minimum Gasteiger partial charge on any atom is -0.465 e. The van der Waals surface area contributed by atoms with Crippen molar-refractivity contribution in [3.63, 3.8) is 0 Å². The second-order valence-corrected chi connectivity index (χ2v) is 7.24. The summed E-state index contributed by atoms with van der Waals surface area (Å²) in [6, 6.07) is 7.32. The summed E-state index contributed by atoms with van der Waals surface area (Å²) in [6.07, 6.45) is 2.96. The van der Waals surface area contributed by atoms with Gasteiger partial charge in [0.25, 0.3) is 0 Å². The molecule has 0 saturated carbocycles. The molecule has 7 nitrogen and oxygen atoms in total. The molecule has 2 aromatic heterocycles. The fraction of sp³-hybridized carbons (Fsp3) is 0.227. The van der Waals surface area contributed by atoms with Crippen molar-refractivity contribution in [2.45, 2.75) is 20.4 Å². The summed E-state index contributed by atoms with van der Waals surface area (Å²) in [5, 5.41) is 4.67. The number of halogens is 2. The van der Waals surface area contributed by atoms with E-state index in [0.29, 0.717) is 39.2 Å². The van der Waals surface area contributed by atoms with Gasteiger partial charge in [0, 0.05) is 18.7 Å². The Morgan fingerprint density at radius 1 is 1.29 bits per heavy atom. The Hall–Kier alpha value is -3.39. The van der Waals surface area contributed by atoms with E-state index in [2.05, 4.69) is 5.10 Å². The number of ether oxygens (including phenoxy) is 1. The summed E-state index contributed by atoms with van der Waals surface area (Å²) in [4.78, 5) is 25.7. The monoisotopic (exact) mass is 445 g/mol. The van der Waals surface area contributed by atoms with Gasteiger partial charge in [0.1, 0.15) is 28.1 Å². The number of carbonyl (C=O) groups is 2. The molecule has 1 amide bonds. The van der Waals surface area contributed by atoms with E-state index in [0.717, 1.165) is 0 Å². The van der Waals surface area contributed by atoms with Crippen molar-refractivity contribution in [3.8, 4) is 5.69 Å². The maximum Gasteiger partial charge on any atom is 0.341 e. The van der Waals surface area contributed by atoms with Gasteiger partial charge in [-0.05, 0) is 50.3 Å². The first-order valence-corrected chi connectivity index (χ1v) is 9.71. The van der Waals surface area contributed by atoms with Crippen LogP contribution in [0, 0.1) is 19.7 Å². The molecule has 0 bridgehead atoms. The molecule has 31 heavy (non-hydrogen) atoms. The first kappa shape index (κ1) is 22.3. The van der Waals surface area contributed by atoms with Crippen LogP contribution in [-0.2, 0) is 16.1 Å². The number of carbonyl (C=O) groups excluding carboxylic acids is 2. The number of hydrogen-bond acceptors (Lipinski definition) is 5. The van der Waals surface area contributed by atoms with Crippen LogP contribution in [0.3, 0.4) is 0 Å². The summed E-state index contributed by atoms with van der Waals surface area (Å²) in [5.41, 5.74) is 2.12. The highest BCUT2D eigenvalue weighted by molar-refractivity contribution is 6.31. The van der Waals surface area contributed by atoms with Gasteiger partial charge in [0.05, 0.1) is 25.0 Å². The Morgan fingerprint density at radius 3 is 2.61 bits per heavy atom. The number of benzene rings is 1. The minimum absolute atomic E-state index is 0.169. The highest BCUT2D eigenvalue weighted by atomic mass is 35.5. The van der Waals surface area contributed by atoms with E-state index >= 15 is 0 Å². The Kier molecular flexibility index (Phi) is 6.60. The molecule has 0 unspecified atom stereocenters. The van der Waals surface area contributed by atoms with Crippen molar-refractivity contribution in [1.29, 1.82) is 0 Å². The number of rotatable bonds is 6. The van der Waals surface area contributed by atoms with Gasteiger partial charge in [-0.25, -0.2) is 13.9 Å². The highest BCUT2D eigenvalue weighted by Crippen LogP contribution is 2.25. The van der Waals surface area contributed by atoms with Crippen LogP contribution in [0.25, 0.3) is 11.8 Å². The van der Waals surface area contributed by atoms with Crippen LogP contribution in [0.5, 0.6) is 0 Å². The predicted octanol–water partition coefficient (Wildman–Crippen LogP) is 4.33. The third-order valence-corrected chi connectivity index (χ3v) is 5.02. The lowest BCUT2D eigenvalue weighted by Gasteiger charge is -2.13. The van der Waals surface area contributed by atoms with Crippen LogP contribution in [0.1, 0.15) is 33.1 Å². The predicted molar refractivity (Wildman–Crippen MR) is 114 cm³/mol. The summed E-state index contributed by atoms with van der Waals surface area (Å²) in [7, 11) is 2.90. The molecule has 0 aliphatic carbocycles. The fourth-order valence-corrected chi connectivity index (χ4v) is 3.32. The molecular weight excluding hydrogens is 425 g/mol. The fourth-order valence-electron chi connectivity index (χ4n) is 2.98. The van der Waals surface area contributed by atoms with E-state index in [1.165, 1.54) is 34.9 Å². The van der Waals surface area contributed by atoms with Gasteiger partial charge in [0.15, 0.2) is 0 Å². The number of hydrogen-bond donors (Lipinski definition) is 0. The smallest absolute Gasteiger partial charge is 0.341 e. The van der Waals surface area contributed by atoms with Crippen molar-refractivity contribution in [2.75, 3.05) is 14.2 Å². The van der Waals surface area contributed by atoms with Crippen molar-refractivity contribution in [3.05, 3.63) is 75.7 Å². The molecule has 0 fully saturated rings.